The van der Waals surface area contributed by atoms with Crippen LogP contribution in [-0.4, -0.2) is 56.3 Å². The van der Waals surface area contributed by atoms with Crippen LogP contribution in [0.2, 0.25) is 0 Å². The van der Waals surface area contributed by atoms with Crippen molar-refractivity contribution < 1.29 is 14.0 Å². The van der Waals surface area contributed by atoms with Gasteiger partial charge in [0.1, 0.15) is 5.69 Å². The molecule has 1 aliphatic heterocycles. The minimum atomic E-state index is -0.202. The first-order valence-corrected chi connectivity index (χ1v) is 8.91. The van der Waals surface area contributed by atoms with Crippen LogP contribution in [0.15, 0.2) is 10.5 Å². The fourth-order valence-electron chi connectivity index (χ4n) is 3.01. The second-order valence-electron chi connectivity index (χ2n) is 6.51. The van der Waals surface area contributed by atoms with Crippen LogP contribution in [-0.2, 0) is 23.1 Å². The van der Waals surface area contributed by atoms with Crippen LogP contribution in [0, 0.1) is 6.92 Å². The monoisotopic (exact) mass is 360 g/mol. The van der Waals surface area contributed by atoms with Crippen molar-refractivity contribution in [3.05, 3.63) is 17.7 Å². The maximum absolute atomic E-state index is 12.0. The maximum atomic E-state index is 12.0. The van der Waals surface area contributed by atoms with E-state index in [0.29, 0.717) is 18.2 Å². The number of piperidine rings is 1. The third-order valence-electron chi connectivity index (χ3n) is 4.40. The Bertz CT molecular complexity index is 775. The van der Waals surface area contributed by atoms with E-state index < -0.39 is 0 Å². The number of hydrogen-bond donors (Lipinski definition) is 1. The van der Waals surface area contributed by atoms with Crippen LogP contribution in [0.4, 0.5) is 0 Å². The largest absolute Gasteiger partial charge is 0.419 e. The Hall–Kier alpha value is -2.71. The minimum Gasteiger partial charge on any atom is -0.419 e. The first-order valence-electron chi connectivity index (χ1n) is 8.91. The van der Waals surface area contributed by atoms with Crippen molar-refractivity contribution in [2.75, 3.05) is 19.6 Å². The van der Waals surface area contributed by atoms with Crippen LogP contribution < -0.4 is 5.32 Å². The average molecular weight is 360 g/mol. The lowest BCUT2D eigenvalue weighted by atomic mass is 10.1. The second-order valence-corrected chi connectivity index (χ2v) is 6.51. The Morgan fingerprint density at radius 2 is 2.00 bits per heavy atom. The molecular weight excluding hydrogens is 336 g/mol. The van der Waals surface area contributed by atoms with Gasteiger partial charge in [-0.1, -0.05) is 0 Å². The SMILES string of the molecule is Cc1cc(-c2nnc(CCC(=O)NCC(=O)N3CCCCC3)o2)n(C)n1. The highest BCUT2D eigenvalue weighted by Gasteiger charge is 2.18. The fraction of sp³-hybridized carbons (Fsp3) is 0.588. The zero-order valence-corrected chi connectivity index (χ0v) is 15.2. The van der Waals surface area contributed by atoms with Gasteiger partial charge in [-0.3, -0.25) is 14.3 Å². The Kier molecular flexibility index (Phi) is 5.65. The van der Waals surface area contributed by atoms with Crippen molar-refractivity contribution in [1.82, 2.24) is 30.2 Å². The van der Waals surface area contributed by atoms with Crippen LogP contribution in [0.3, 0.4) is 0 Å². The lowest BCUT2D eigenvalue weighted by Crippen LogP contribution is -2.42. The number of likely N-dealkylation sites (tertiary alicyclic amines) is 1. The Morgan fingerprint density at radius 1 is 1.23 bits per heavy atom. The molecule has 3 heterocycles. The van der Waals surface area contributed by atoms with Gasteiger partial charge in [0.15, 0.2) is 0 Å². The van der Waals surface area contributed by atoms with E-state index in [9.17, 15) is 9.59 Å². The molecular formula is C17H24N6O3. The first-order chi connectivity index (χ1) is 12.5. The zero-order valence-electron chi connectivity index (χ0n) is 15.2. The summed E-state index contributed by atoms with van der Waals surface area (Å²) in [4.78, 5) is 25.8. The molecule has 0 unspecified atom stereocenters. The Labute approximate surface area is 151 Å². The van der Waals surface area contributed by atoms with Crippen LogP contribution in [0.1, 0.15) is 37.3 Å². The number of aromatic nitrogens is 4. The highest BCUT2D eigenvalue weighted by molar-refractivity contribution is 5.84. The summed E-state index contributed by atoms with van der Waals surface area (Å²) in [6, 6.07) is 1.86. The number of nitrogens with one attached hydrogen (secondary N) is 1. The summed E-state index contributed by atoms with van der Waals surface area (Å²) in [5.74, 6) is 0.538. The van der Waals surface area contributed by atoms with Crippen LogP contribution >= 0.6 is 0 Å². The summed E-state index contributed by atoms with van der Waals surface area (Å²) in [5.41, 5.74) is 1.60. The van der Waals surface area contributed by atoms with Crippen LogP contribution in [0.25, 0.3) is 11.6 Å². The smallest absolute Gasteiger partial charge is 0.265 e. The molecule has 9 heteroatoms. The van der Waals surface area contributed by atoms with Crippen molar-refractivity contribution in [3.63, 3.8) is 0 Å². The molecule has 0 aliphatic carbocycles. The summed E-state index contributed by atoms with van der Waals surface area (Å²) in [7, 11) is 1.80. The average Bonchev–Trinajstić information content (AvgIpc) is 3.24. The molecule has 9 nitrogen and oxygen atoms in total. The van der Waals surface area contributed by atoms with Gasteiger partial charge in [-0.2, -0.15) is 5.10 Å². The molecule has 2 amide bonds. The summed E-state index contributed by atoms with van der Waals surface area (Å²) < 4.78 is 7.27. The number of nitrogens with zero attached hydrogens (tertiary/aromatic N) is 5. The number of aryl methyl sites for hydroxylation is 3. The van der Waals surface area contributed by atoms with Gasteiger partial charge in [0.05, 0.1) is 12.2 Å². The van der Waals surface area contributed by atoms with E-state index in [1.807, 2.05) is 17.9 Å². The van der Waals surface area contributed by atoms with Crippen molar-refractivity contribution in [2.45, 2.75) is 39.0 Å². The molecule has 1 aliphatic rings. The van der Waals surface area contributed by atoms with E-state index in [1.165, 1.54) is 6.42 Å². The first kappa shape index (κ1) is 18.1. The predicted molar refractivity (Wildman–Crippen MR) is 93.0 cm³/mol. The topological polar surface area (TPSA) is 106 Å². The van der Waals surface area contributed by atoms with Gasteiger partial charge < -0.3 is 14.6 Å². The number of hydrogen-bond acceptors (Lipinski definition) is 6. The van der Waals surface area contributed by atoms with Gasteiger partial charge in [0.2, 0.25) is 17.7 Å². The molecule has 1 fully saturated rings. The summed E-state index contributed by atoms with van der Waals surface area (Å²) in [5, 5.41) is 14.9. The fourth-order valence-corrected chi connectivity index (χ4v) is 3.01. The predicted octanol–water partition coefficient (Wildman–Crippen LogP) is 0.840. The van der Waals surface area contributed by atoms with E-state index in [2.05, 4.69) is 20.6 Å². The highest BCUT2D eigenvalue weighted by atomic mass is 16.4. The Balaban J connectivity index is 1.44. The molecule has 2 aromatic rings. The Morgan fingerprint density at radius 3 is 2.69 bits per heavy atom. The number of carbonyl (C=O) groups is 2. The molecule has 0 aromatic carbocycles. The molecule has 1 saturated heterocycles. The van der Waals surface area contributed by atoms with Gasteiger partial charge in [0, 0.05) is 33.0 Å². The molecule has 1 N–H and O–H groups in total. The van der Waals surface area contributed by atoms with Crippen LogP contribution in [0.5, 0.6) is 0 Å². The van der Waals surface area contributed by atoms with Crippen molar-refractivity contribution in [1.29, 1.82) is 0 Å². The van der Waals surface area contributed by atoms with E-state index >= 15 is 0 Å². The molecule has 0 radical (unpaired) electrons. The quantitative estimate of drug-likeness (QED) is 0.818. The second kappa shape index (κ2) is 8.11. The van der Waals surface area contributed by atoms with E-state index in [0.717, 1.165) is 37.3 Å². The molecule has 0 bridgehead atoms. The van der Waals surface area contributed by atoms with E-state index in [4.69, 9.17) is 4.42 Å². The number of rotatable bonds is 6. The van der Waals surface area contributed by atoms with Gasteiger partial charge >= 0.3 is 0 Å². The molecule has 26 heavy (non-hydrogen) atoms. The molecule has 0 spiro atoms. The highest BCUT2D eigenvalue weighted by Crippen LogP contribution is 2.18. The van der Waals surface area contributed by atoms with Gasteiger partial charge in [-0.05, 0) is 32.3 Å². The van der Waals surface area contributed by atoms with Crippen molar-refractivity contribution >= 4 is 11.8 Å². The lowest BCUT2D eigenvalue weighted by molar-refractivity contribution is -0.133. The minimum absolute atomic E-state index is 0.0234. The van der Waals surface area contributed by atoms with Gasteiger partial charge in [0.25, 0.3) is 5.89 Å². The lowest BCUT2D eigenvalue weighted by Gasteiger charge is -2.26. The summed E-state index contributed by atoms with van der Waals surface area (Å²) in [6.07, 6.45) is 3.76. The van der Waals surface area contributed by atoms with Gasteiger partial charge in [-0.25, -0.2) is 0 Å². The molecule has 0 saturated carbocycles. The molecule has 140 valence electrons. The molecule has 2 aromatic heterocycles. The molecule has 3 rings (SSSR count). The standard InChI is InChI=1S/C17H24N6O3/c1-12-10-13(22(2)21-12)17-20-19-15(26-17)7-6-14(24)18-11-16(25)23-8-4-3-5-9-23/h10H,3-9,11H2,1-2H3,(H,18,24). The molecule has 0 atom stereocenters. The van der Waals surface area contributed by atoms with E-state index in [1.54, 1.807) is 11.7 Å². The summed E-state index contributed by atoms with van der Waals surface area (Å²) in [6.45, 7) is 3.50. The van der Waals surface area contributed by atoms with Gasteiger partial charge in [-0.15, -0.1) is 10.2 Å². The normalized spacial score (nSPS) is 14.5. The number of amides is 2. The maximum Gasteiger partial charge on any atom is 0.265 e. The third kappa shape index (κ3) is 4.47. The van der Waals surface area contributed by atoms with Crippen molar-refractivity contribution in [3.8, 4) is 11.6 Å². The third-order valence-corrected chi connectivity index (χ3v) is 4.40. The summed E-state index contributed by atoms with van der Waals surface area (Å²) >= 11 is 0. The van der Waals surface area contributed by atoms with Crippen molar-refractivity contribution in [2.24, 2.45) is 7.05 Å². The zero-order chi connectivity index (χ0) is 18.5. The van der Waals surface area contributed by atoms with E-state index in [-0.39, 0.29) is 24.8 Å². The number of carbonyl (C=O) groups excluding carboxylic acids is 2.